The van der Waals surface area contributed by atoms with Gasteiger partial charge in [0.25, 0.3) is 0 Å². The number of aliphatic hydroxyl groups is 1. The molecule has 2 atom stereocenters. The molecule has 0 aliphatic carbocycles. The van der Waals surface area contributed by atoms with Crippen molar-refractivity contribution >= 4 is 0 Å². The van der Waals surface area contributed by atoms with Crippen LogP contribution in [0.25, 0.3) is 0 Å². The number of rotatable bonds is 2. The standard InChI is InChI=1S/C13H18FNO/c1-13(16)9-15-6-5-11(13)7-10-3-2-4-12(14)8-10/h2-4,8,11,15-16H,5-7,9H2,1H3. The Hall–Kier alpha value is -0.930. The minimum absolute atomic E-state index is 0.203. The van der Waals surface area contributed by atoms with Crippen LogP contribution in [0.5, 0.6) is 0 Å². The maximum Gasteiger partial charge on any atom is 0.123 e. The first kappa shape index (κ1) is 11.6. The van der Waals surface area contributed by atoms with E-state index in [2.05, 4.69) is 5.32 Å². The molecule has 0 radical (unpaired) electrons. The normalized spacial score (nSPS) is 30.3. The lowest BCUT2D eigenvalue weighted by Gasteiger charge is -2.37. The lowest BCUT2D eigenvalue weighted by Crippen LogP contribution is -2.50. The van der Waals surface area contributed by atoms with Crippen molar-refractivity contribution in [2.24, 2.45) is 5.92 Å². The molecule has 1 aliphatic rings. The SMILES string of the molecule is CC1(O)CNCCC1Cc1cccc(F)c1. The maximum atomic E-state index is 13.0. The van der Waals surface area contributed by atoms with Crippen LogP contribution in [0.1, 0.15) is 18.9 Å². The summed E-state index contributed by atoms with van der Waals surface area (Å²) >= 11 is 0. The van der Waals surface area contributed by atoms with Crippen LogP contribution in [0.15, 0.2) is 24.3 Å². The predicted molar refractivity (Wildman–Crippen MR) is 61.7 cm³/mol. The summed E-state index contributed by atoms with van der Waals surface area (Å²) in [5.74, 6) is 0.00151. The molecular weight excluding hydrogens is 205 g/mol. The molecule has 1 fully saturated rings. The molecule has 2 N–H and O–H groups in total. The first-order chi connectivity index (χ1) is 7.58. The fourth-order valence-corrected chi connectivity index (χ4v) is 2.34. The Morgan fingerprint density at radius 1 is 1.56 bits per heavy atom. The van der Waals surface area contributed by atoms with Crippen molar-refractivity contribution in [1.29, 1.82) is 0 Å². The summed E-state index contributed by atoms with van der Waals surface area (Å²) in [5.41, 5.74) is 0.275. The molecule has 0 saturated carbocycles. The van der Waals surface area contributed by atoms with E-state index in [-0.39, 0.29) is 11.7 Å². The first-order valence-electron chi connectivity index (χ1n) is 5.75. The van der Waals surface area contributed by atoms with Crippen LogP contribution in [-0.4, -0.2) is 23.8 Å². The monoisotopic (exact) mass is 223 g/mol. The largest absolute Gasteiger partial charge is 0.389 e. The Labute approximate surface area is 95.5 Å². The first-order valence-corrected chi connectivity index (χ1v) is 5.75. The van der Waals surface area contributed by atoms with E-state index in [0.717, 1.165) is 24.9 Å². The van der Waals surface area contributed by atoms with Crippen LogP contribution in [0.4, 0.5) is 4.39 Å². The molecule has 0 amide bonds. The molecular formula is C13H18FNO. The molecule has 2 nitrogen and oxygen atoms in total. The van der Waals surface area contributed by atoms with Crippen molar-refractivity contribution in [1.82, 2.24) is 5.32 Å². The third kappa shape index (κ3) is 2.60. The zero-order valence-corrected chi connectivity index (χ0v) is 9.54. The highest BCUT2D eigenvalue weighted by Crippen LogP contribution is 2.27. The average Bonchev–Trinajstić information content (AvgIpc) is 2.21. The lowest BCUT2D eigenvalue weighted by molar-refractivity contribution is -0.0192. The Balaban J connectivity index is 2.08. The molecule has 0 bridgehead atoms. The Bertz CT molecular complexity index is 365. The topological polar surface area (TPSA) is 32.3 Å². The Morgan fingerprint density at radius 3 is 3.06 bits per heavy atom. The molecule has 2 unspecified atom stereocenters. The van der Waals surface area contributed by atoms with Crippen molar-refractivity contribution in [3.8, 4) is 0 Å². The van der Waals surface area contributed by atoms with E-state index in [1.807, 2.05) is 13.0 Å². The molecule has 1 aromatic rings. The summed E-state index contributed by atoms with van der Waals surface area (Å²) in [4.78, 5) is 0. The van der Waals surface area contributed by atoms with Crippen LogP contribution < -0.4 is 5.32 Å². The van der Waals surface area contributed by atoms with Gasteiger partial charge in [-0.15, -0.1) is 0 Å². The number of piperidine rings is 1. The quantitative estimate of drug-likeness (QED) is 0.800. The summed E-state index contributed by atoms with van der Waals surface area (Å²) in [6.07, 6.45) is 1.68. The van der Waals surface area contributed by atoms with E-state index in [4.69, 9.17) is 0 Å². The van der Waals surface area contributed by atoms with Crippen molar-refractivity contribution in [3.05, 3.63) is 35.6 Å². The molecule has 1 heterocycles. The second kappa shape index (κ2) is 4.52. The second-order valence-electron chi connectivity index (χ2n) is 4.85. The zero-order valence-electron chi connectivity index (χ0n) is 9.54. The summed E-state index contributed by atoms with van der Waals surface area (Å²) in [7, 11) is 0. The van der Waals surface area contributed by atoms with Gasteiger partial charge in [0, 0.05) is 6.54 Å². The summed E-state index contributed by atoms with van der Waals surface area (Å²) in [5, 5.41) is 13.4. The highest BCUT2D eigenvalue weighted by atomic mass is 19.1. The molecule has 1 saturated heterocycles. The van der Waals surface area contributed by atoms with Gasteiger partial charge in [-0.1, -0.05) is 12.1 Å². The van der Waals surface area contributed by atoms with Gasteiger partial charge >= 0.3 is 0 Å². The zero-order chi connectivity index (χ0) is 11.6. The number of hydrogen-bond donors (Lipinski definition) is 2. The van der Waals surface area contributed by atoms with Crippen molar-refractivity contribution in [2.45, 2.75) is 25.4 Å². The van der Waals surface area contributed by atoms with Crippen LogP contribution in [0.2, 0.25) is 0 Å². The van der Waals surface area contributed by atoms with Crippen molar-refractivity contribution in [2.75, 3.05) is 13.1 Å². The number of nitrogens with one attached hydrogen (secondary N) is 1. The number of hydrogen-bond acceptors (Lipinski definition) is 2. The lowest BCUT2D eigenvalue weighted by atomic mass is 9.79. The highest BCUT2D eigenvalue weighted by Gasteiger charge is 2.34. The molecule has 88 valence electrons. The molecule has 16 heavy (non-hydrogen) atoms. The molecule has 3 heteroatoms. The van der Waals surface area contributed by atoms with Gasteiger partial charge in [-0.25, -0.2) is 4.39 Å². The van der Waals surface area contributed by atoms with Crippen LogP contribution in [0.3, 0.4) is 0 Å². The van der Waals surface area contributed by atoms with E-state index >= 15 is 0 Å². The molecule has 0 aromatic heterocycles. The van der Waals surface area contributed by atoms with Gasteiger partial charge in [-0.05, 0) is 49.9 Å². The van der Waals surface area contributed by atoms with Crippen LogP contribution >= 0.6 is 0 Å². The number of benzene rings is 1. The fourth-order valence-electron chi connectivity index (χ4n) is 2.34. The molecule has 2 rings (SSSR count). The van der Waals surface area contributed by atoms with Gasteiger partial charge in [-0.3, -0.25) is 0 Å². The second-order valence-corrected chi connectivity index (χ2v) is 4.85. The van der Waals surface area contributed by atoms with Crippen molar-refractivity contribution < 1.29 is 9.50 Å². The third-order valence-electron chi connectivity index (χ3n) is 3.40. The Kier molecular flexibility index (Phi) is 3.26. The fraction of sp³-hybridized carbons (Fsp3) is 0.538. The maximum absolute atomic E-state index is 13.0. The molecule has 0 spiro atoms. The molecule has 1 aliphatic heterocycles. The summed E-state index contributed by atoms with van der Waals surface area (Å²) in [6, 6.07) is 6.64. The predicted octanol–water partition coefficient (Wildman–Crippen LogP) is 1.73. The van der Waals surface area contributed by atoms with Gasteiger partial charge in [0.05, 0.1) is 5.60 Å². The van der Waals surface area contributed by atoms with Crippen LogP contribution in [-0.2, 0) is 6.42 Å². The smallest absolute Gasteiger partial charge is 0.123 e. The average molecular weight is 223 g/mol. The van der Waals surface area contributed by atoms with Crippen molar-refractivity contribution in [3.63, 3.8) is 0 Å². The number of halogens is 1. The summed E-state index contributed by atoms with van der Waals surface area (Å²) in [6.45, 7) is 3.40. The number of β-amino-alcohol motifs (C(OH)–C–C–N with tert-alkyl or cyclic N) is 1. The Morgan fingerprint density at radius 2 is 2.38 bits per heavy atom. The molecule has 1 aromatic carbocycles. The van der Waals surface area contributed by atoms with Gasteiger partial charge in [0.1, 0.15) is 5.82 Å². The van der Waals surface area contributed by atoms with E-state index in [9.17, 15) is 9.50 Å². The highest BCUT2D eigenvalue weighted by molar-refractivity contribution is 5.17. The van der Waals surface area contributed by atoms with E-state index < -0.39 is 5.60 Å². The van der Waals surface area contributed by atoms with Gasteiger partial charge in [0.2, 0.25) is 0 Å². The van der Waals surface area contributed by atoms with E-state index in [0.29, 0.717) is 6.54 Å². The van der Waals surface area contributed by atoms with E-state index in [1.165, 1.54) is 6.07 Å². The summed E-state index contributed by atoms with van der Waals surface area (Å²) < 4.78 is 13.0. The third-order valence-corrected chi connectivity index (χ3v) is 3.40. The van der Waals surface area contributed by atoms with Crippen LogP contribution in [0, 0.1) is 11.7 Å². The minimum atomic E-state index is -0.690. The van der Waals surface area contributed by atoms with Gasteiger partial charge in [0.15, 0.2) is 0 Å². The van der Waals surface area contributed by atoms with Gasteiger partial charge in [-0.2, -0.15) is 0 Å². The van der Waals surface area contributed by atoms with E-state index in [1.54, 1.807) is 12.1 Å². The van der Waals surface area contributed by atoms with Gasteiger partial charge < -0.3 is 10.4 Å². The minimum Gasteiger partial charge on any atom is -0.389 e.